The molecule has 0 radical (unpaired) electrons. The Balaban J connectivity index is 2.55. The number of carbonyl (C=O) groups excluding carboxylic acids is 1. The Morgan fingerprint density at radius 1 is 1.18 bits per heavy atom. The molecule has 0 aliphatic heterocycles. The number of ether oxygens (including phenoxy) is 1. The summed E-state index contributed by atoms with van der Waals surface area (Å²) in [6, 6.07) is 11.4. The van der Waals surface area contributed by atoms with Crippen LogP contribution >= 0.6 is 0 Å². The standard InChI is InChI=1S/C14H11FO2/c1-17-14-8-12(15)5-6-13(14)11-4-2-3-10(7-11)9-16/h2-9H,1H3. The van der Waals surface area contributed by atoms with Gasteiger partial charge in [0.05, 0.1) is 7.11 Å². The Morgan fingerprint density at radius 2 is 2.00 bits per heavy atom. The van der Waals surface area contributed by atoms with Crippen LogP contribution in [0.2, 0.25) is 0 Å². The molecule has 0 unspecified atom stereocenters. The molecular weight excluding hydrogens is 219 g/mol. The van der Waals surface area contributed by atoms with E-state index in [1.54, 1.807) is 24.3 Å². The minimum absolute atomic E-state index is 0.350. The van der Waals surface area contributed by atoms with Gasteiger partial charge in [-0.25, -0.2) is 4.39 Å². The lowest BCUT2D eigenvalue weighted by molar-refractivity contribution is 0.112. The van der Waals surface area contributed by atoms with Gasteiger partial charge in [-0.15, -0.1) is 0 Å². The van der Waals surface area contributed by atoms with Crippen molar-refractivity contribution >= 4 is 6.29 Å². The van der Waals surface area contributed by atoms with Crippen LogP contribution in [-0.2, 0) is 0 Å². The van der Waals surface area contributed by atoms with Crippen LogP contribution in [0.4, 0.5) is 4.39 Å². The molecule has 0 spiro atoms. The highest BCUT2D eigenvalue weighted by molar-refractivity contribution is 5.80. The third kappa shape index (κ3) is 2.33. The van der Waals surface area contributed by atoms with Crippen molar-refractivity contribution in [3.05, 3.63) is 53.8 Å². The molecule has 0 aliphatic rings. The van der Waals surface area contributed by atoms with E-state index in [4.69, 9.17) is 4.74 Å². The molecule has 0 bridgehead atoms. The van der Waals surface area contributed by atoms with Crippen molar-refractivity contribution in [2.24, 2.45) is 0 Å². The van der Waals surface area contributed by atoms with Gasteiger partial charge < -0.3 is 4.74 Å². The first-order chi connectivity index (χ1) is 8.24. The highest BCUT2D eigenvalue weighted by Crippen LogP contribution is 2.30. The Hall–Kier alpha value is -2.16. The first kappa shape index (κ1) is 11.3. The molecule has 86 valence electrons. The first-order valence-corrected chi connectivity index (χ1v) is 5.14. The summed E-state index contributed by atoms with van der Waals surface area (Å²) in [6.45, 7) is 0. The van der Waals surface area contributed by atoms with Gasteiger partial charge in [0.2, 0.25) is 0 Å². The van der Waals surface area contributed by atoms with Crippen LogP contribution in [0.15, 0.2) is 42.5 Å². The van der Waals surface area contributed by atoms with Gasteiger partial charge in [0.1, 0.15) is 17.9 Å². The molecule has 2 aromatic rings. The zero-order valence-corrected chi connectivity index (χ0v) is 9.31. The van der Waals surface area contributed by atoms with Crippen LogP contribution in [0, 0.1) is 5.82 Å². The van der Waals surface area contributed by atoms with Crippen molar-refractivity contribution in [3.8, 4) is 16.9 Å². The summed E-state index contributed by atoms with van der Waals surface area (Å²) in [6.07, 6.45) is 0.777. The van der Waals surface area contributed by atoms with E-state index in [0.29, 0.717) is 11.3 Å². The summed E-state index contributed by atoms with van der Waals surface area (Å²) >= 11 is 0. The molecule has 0 saturated heterocycles. The zero-order valence-electron chi connectivity index (χ0n) is 9.31. The SMILES string of the molecule is COc1cc(F)ccc1-c1cccc(C=O)c1. The fourth-order valence-electron chi connectivity index (χ4n) is 1.68. The van der Waals surface area contributed by atoms with Gasteiger partial charge in [0.15, 0.2) is 0 Å². The number of aldehydes is 1. The predicted molar refractivity (Wildman–Crippen MR) is 63.8 cm³/mol. The van der Waals surface area contributed by atoms with E-state index in [-0.39, 0.29) is 5.82 Å². The van der Waals surface area contributed by atoms with Crippen LogP contribution < -0.4 is 4.74 Å². The maximum absolute atomic E-state index is 13.1. The summed E-state index contributed by atoms with van der Waals surface area (Å²) in [5, 5.41) is 0. The number of methoxy groups -OCH3 is 1. The molecule has 0 amide bonds. The van der Waals surface area contributed by atoms with Crippen LogP contribution in [0.5, 0.6) is 5.75 Å². The van der Waals surface area contributed by atoms with E-state index in [2.05, 4.69) is 0 Å². The lowest BCUT2D eigenvalue weighted by atomic mass is 10.0. The number of carbonyl (C=O) groups is 1. The van der Waals surface area contributed by atoms with Gasteiger partial charge in [-0.05, 0) is 23.8 Å². The van der Waals surface area contributed by atoms with Crippen molar-refractivity contribution in [2.45, 2.75) is 0 Å². The third-order valence-electron chi connectivity index (χ3n) is 2.50. The van der Waals surface area contributed by atoms with E-state index in [0.717, 1.165) is 17.4 Å². The second kappa shape index (κ2) is 4.78. The van der Waals surface area contributed by atoms with Gasteiger partial charge in [-0.1, -0.05) is 18.2 Å². The van der Waals surface area contributed by atoms with Crippen LogP contribution in [0.25, 0.3) is 11.1 Å². The number of benzene rings is 2. The summed E-state index contributed by atoms with van der Waals surface area (Å²) in [4.78, 5) is 10.7. The van der Waals surface area contributed by atoms with Crippen molar-refractivity contribution in [3.63, 3.8) is 0 Å². The Kier molecular flexibility index (Phi) is 3.19. The fourth-order valence-corrected chi connectivity index (χ4v) is 1.68. The second-order valence-electron chi connectivity index (χ2n) is 3.59. The third-order valence-corrected chi connectivity index (χ3v) is 2.50. The van der Waals surface area contributed by atoms with Crippen molar-refractivity contribution < 1.29 is 13.9 Å². The molecule has 0 fully saturated rings. The highest BCUT2D eigenvalue weighted by atomic mass is 19.1. The van der Waals surface area contributed by atoms with E-state index in [1.807, 2.05) is 6.07 Å². The fraction of sp³-hybridized carbons (Fsp3) is 0.0714. The lowest BCUT2D eigenvalue weighted by Gasteiger charge is -2.08. The number of hydrogen-bond donors (Lipinski definition) is 0. The van der Waals surface area contributed by atoms with Gasteiger partial charge >= 0.3 is 0 Å². The summed E-state index contributed by atoms with van der Waals surface area (Å²) < 4.78 is 18.2. The van der Waals surface area contributed by atoms with Gasteiger partial charge in [-0.2, -0.15) is 0 Å². The minimum Gasteiger partial charge on any atom is -0.496 e. The largest absolute Gasteiger partial charge is 0.496 e. The molecule has 0 heterocycles. The smallest absolute Gasteiger partial charge is 0.150 e. The van der Waals surface area contributed by atoms with Crippen LogP contribution in [-0.4, -0.2) is 13.4 Å². The lowest BCUT2D eigenvalue weighted by Crippen LogP contribution is -1.90. The molecule has 3 heteroatoms. The van der Waals surface area contributed by atoms with E-state index < -0.39 is 0 Å². The van der Waals surface area contributed by atoms with Crippen molar-refractivity contribution in [1.82, 2.24) is 0 Å². The molecule has 0 N–H and O–H groups in total. The predicted octanol–water partition coefficient (Wildman–Crippen LogP) is 3.31. The van der Waals surface area contributed by atoms with E-state index in [9.17, 15) is 9.18 Å². The van der Waals surface area contributed by atoms with Gasteiger partial charge in [0, 0.05) is 17.2 Å². The second-order valence-corrected chi connectivity index (χ2v) is 3.59. The number of hydrogen-bond acceptors (Lipinski definition) is 2. The molecule has 2 rings (SSSR count). The maximum atomic E-state index is 13.1. The van der Waals surface area contributed by atoms with Crippen LogP contribution in [0.1, 0.15) is 10.4 Å². The topological polar surface area (TPSA) is 26.3 Å². The minimum atomic E-state index is -0.350. The summed E-state index contributed by atoms with van der Waals surface area (Å²) in [7, 11) is 1.49. The molecule has 0 aromatic heterocycles. The highest BCUT2D eigenvalue weighted by Gasteiger charge is 2.07. The first-order valence-electron chi connectivity index (χ1n) is 5.14. The Morgan fingerprint density at radius 3 is 2.71 bits per heavy atom. The molecule has 17 heavy (non-hydrogen) atoms. The zero-order chi connectivity index (χ0) is 12.3. The quantitative estimate of drug-likeness (QED) is 0.756. The average molecular weight is 230 g/mol. The molecular formula is C14H11FO2. The molecule has 0 saturated carbocycles. The summed E-state index contributed by atoms with van der Waals surface area (Å²) in [5.74, 6) is 0.102. The molecule has 0 atom stereocenters. The maximum Gasteiger partial charge on any atom is 0.150 e. The van der Waals surface area contributed by atoms with E-state index >= 15 is 0 Å². The monoisotopic (exact) mass is 230 g/mol. The summed E-state index contributed by atoms with van der Waals surface area (Å²) in [5.41, 5.74) is 2.16. The molecule has 0 aliphatic carbocycles. The Bertz CT molecular complexity index is 550. The van der Waals surface area contributed by atoms with Crippen molar-refractivity contribution in [1.29, 1.82) is 0 Å². The molecule has 2 aromatic carbocycles. The average Bonchev–Trinajstić information content (AvgIpc) is 2.38. The molecule has 2 nitrogen and oxygen atoms in total. The van der Waals surface area contributed by atoms with E-state index in [1.165, 1.54) is 19.2 Å². The van der Waals surface area contributed by atoms with Crippen molar-refractivity contribution in [2.75, 3.05) is 7.11 Å². The van der Waals surface area contributed by atoms with Gasteiger partial charge in [-0.3, -0.25) is 4.79 Å². The normalized spacial score (nSPS) is 10.0. The Labute approximate surface area is 98.7 Å². The number of halogens is 1. The van der Waals surface area contributed by atoms with Gasteiger partial charge in [0.25, 0.3) is 0 Å². The van der Waals surface area contributed by atoms with Crippen LogP contribution in [0.3, 0.4) is 0 Å². The number of rotatable bonds is 3.